The summed E-state index contributed by atoms with van der Waals surface area (Å²) in [5.41, 5.74) is 4.72. The number of nitrogens with zero attached hydrogens (tertiary/aromatic N) is 2. The van der Waals surface area contributed by atoms with Crippen LogP contribution in [0.4, 0.5) is 26.3 Å². The van der Waals surface area contributed by atoms with E-state index in [0.29, 0.717) is 22.9 Å². The second-order valence-corrected chi connectivity index (χ2v) is 8.35. The molecule has 0 atom stereocenters. The molecule has 2 rings (SSSR count). The van der Waals surface area contributed by atoms with Gasteiger partial charge in [0.05, 0.1) is 0 Å². The number of rotatable bonds is 7. The first kappa shape index (κ1) is 30.4. The van der Waals surface area contributed by atoms with Crippen LogP contribution in [0.15, 0.2) is 36.7 Å². The quantitative estimate of drug-likeness (QED) is 0.122. The standard InChI is InChI=1S/C10H11ClF3NS.C8H8F3N3S.B/c11-4-1-5-16-7-8-2-3-9(15-6-8)10(12,13)14;9-8(10,11)6-2-1-5(3-14-6)4-15-7(12)13;/h2-3,6H,1,4-5,7H2;1-3H,4H2,(H3,12,13);. The lowest BCUT2D eigenvalue weighted by molar-refractivity contribution is -0.142. The molecule has 0 spiro atoms. The normalized spacial score (nSPS) is 11.2. The van der Waals surface area contributed by atoms with Gasteiger partial charge in [-0.3, -0.25) is 15.4 Å². The molecule has 0 saturated carbocycles. The molecule has 2 aromatic rings. The summed E-state index contributed by atoms with van der Waals surface area (Å²) in [6.45, 7) is 0. The van der Waals surface area contributed by atoms with Gasteiger partial charge in [0.1, 0.15) is 11.4 Å². The second kappa shape index (κ2) is 14.5. The maximum absolute atomic E-state index is 12.2. The van der Waals surface area contributed by atoms with Crippen LogP contribution < -0.4 is 5.73 Å². The van der Waals surface area contributed by atoms with Gasteiger partial charge in [-0.2, -0.15) is 38.1 Å². The van der Waals surface area contributed by atoms with E-state index in [1.165, 1.54) is 18.3 Å². The number of nitrogens with two attached hydrogens (primary N) is 1. The Labute approximate surface area is 197 Å². The molecule has 0 unspecified atom stereocenters. The van der Waals surface area contributed by atoms with Gasteiger partial charge in [-0.05, 0) is 35.4 Å². The van der Waals surface area contributed by atoms with Gasteiger partial charge in [0.15, 0.2) is 5.17 Å². The Hall–Kier alpha value is -1.60. The lowest BCUT2D eigenvalue weighted by Gasteiger charge is -2.06. The van der Waals surface area contributed by atoms with E-state index in [2.05, 4.69) is 9.97 Å². The molecule has 3 radical (unpaired) electrons. The second-order valence-electron chi connectivity index (χ2n) is 5.85. The van der Waals surface area contributed by atoms with Gasteiger partial charge in [-0.15, -0.1) is 11.6 Å². The highest BCUT2D eigenvalue weighted by molar-refractivity contribution is 8.13. The zero-order chi connectivity index (χ0) is 23.5. The number of aromatic nitrogens is 2. The number of halogens is 7. The highest BCUT2D eigenvalue weighted by Gasteiger charge is 2.32. The summed E-state index contributed by atoms with van der Waals surface area (Å²) in [6, 6.07) is 4.71. The molecule has 0 aromatic carbocycles. The van der Waals surface area contributed by atoms with Crippen molar-refractivity contribution in [3.05, 3.63) is 59.2 Å². The molecular formula is C18H19BClF6N4S2. The Bertz CT molecular complexity index is 805. The molecule has 0 bridgehead atoms. The average Bonchev–Trinajstić information content (AvgIpc) is 2.69. The third kappa shape index (κ3) is 12.4. The number of nitrogens with one attached hydrogen (secondary N) is 1. The summed E-state index contributed by atoms with van der Waals surface area (Å²) >= 11 is 8.18. The lowest BCUT2D eigenvalue weighted by atomic mass is 10.3. The number of hydrogen-bond donors (Lipinski definition) is 2. The fraction of sp³-hybridized carbons (Fsp3) is 0.389. The molecule has 14 heteroatoms. The fourth-order valence-corrected chi connectivity index (χ4v) is 3.55. The van der Waals surface area contributed by atoms with Gasteiger partial charge in [0.25, 0.3) is 0 Å². The molecule has 0 aliphatic rings. The predicted octanol–water partition coefficient (Wildman–Crippen LogP) is 5.81. The number of hydrogen-bond acceptors (Lipinski definition) is 5. The van der Waals surface area contributed by atoms with Crippen LogP contribution in [0.3, 0.4) is 0 Å². The topological polar surface area (TPSA) is 75.7 Å². The monoisotopic (exact) mass is 515 g/mol. The first-order valence-corrected chi connectivity index (χ1v) is 11.3. The molecule has 0 amide bonds. The van der Waals surface area contributed by atoms with E-state index in [1.54, 1.807) is 11.8 Å². The van der Waals surface area contributed by atoms with E-state index in [9.17, 15) is 26.3 Å². The van der Waals surface area contributed by atoms with Crippen molar-refractivity contribution in [2.45, 2.75) is 30.3 Å². The molecule has 0 aliphatic carbocycles. The summed E-state index contributed by atoms with van der Waals surface area (Å²) in [4.78, 5) is 6.66. The molecule has 0 saturated heterocycles. The molecule has 2 heterocycles. The van der Waals surface area contributed by atoms with Crippen LogP contribution in [-0.2, 0) is 23.9 Å². The van der Waals surface area contributed by atoms with Crippen LogP contribution in [0, 0.1) is 5.41 Å². The Morgan fingerprint density at radius 1 is 0.906 bits per heavy atom. The third-order valence-electron chi connectivity index (χ3n) is 3.32. The Balaban J connectivity index is 0.000000584. The Morgan fingerprint density at radius 2 is 1.38 bits per heavy atom. The van der Waals surface area contributed by atoms with Gasteiger partial charge in [0.2, 0.25) is 0 Å². The molecule has 0 aliphatic heterocycles. The largest absolute Gasteiger partial charge is 0.433 e. The van der Waals surface area contributed by atoms with Gasteiger partial charge >= 0.3 is 12.4 Å². The minimum Gasteiger partial charge on any atom is -0.379 e. The zero-order valence-corrected chi connectivity index (χ0v) is 18.9. The van der Waals surface area contributed by atoms with Gasteiger partial charge in [0, 0.05) is 38.2 Å². The first-order valence-electron chi connectivity index (χ1n) is 8.58. The third-order valence-corrected chi connectivity index (χ3v) is 5.49. The summed E-state index contributed by atoms with van der Waals surface area (Å²) in [6.07, 6.45) is -5.45. The van der Waals surface area contributed by atoms with E-state index in [-0.39, 0.29) is 13.6 Å². The smallest absolute Gasteiger partial charge is 0.379 e. The summed E-state index contributed by atoms with van der Waals surface area (Å²) in [5, 5.41) is 6.85. The van der Waals surface area contributed by atoms with Crippen molar-refractivity contribution < 1.29 is 26.3 Å². The number of alkyl halides is 7. The lowest BCUT2D eigenvalue weighted by Crippen LogP contribution is -2.08. The van der Waals surface area contributed by atoms with Gasteiger partial charge in [-0.25, -0.2) is 0 Å². The Morgan fingerprint density at radius 3 is 1.72 bits per heavy atom. The predicted molar refractivity (Wildman–Crippen MR) is 119 cm³/mol. The maximum Gasteiger partial charge on any atom is 0.433 e. The summed E-state index contributed by atoms with van der Waals surface area (Å²) in [5.74, 6) is 2.53. The van der Waals surface area contributed by atoms with Gasteiger partial charge in [-0.1, -0.05) is 23.9 Å². The van der Waals surface area contributed by atoms with E-state index in [4.69, 9.17) is 22.7 Å². The minimum atomic E-state index is -4.41. The maximum atomic E-state index is 12.2. The summed E-state index contributed by atoms with van der Waals surface area (Å²) in [7, 11) is 0. The molecule has 175 valence electrons. The minimum absolute atomic E-state index is 0. The number of amidine groups is 1. The SMILES string of the molecule is FC(F)(F)c1ccc(CSCCCCl)cn1.N=C(N)SCc1ccc(C(F)(F)F)nc1.[B]. The number of thioether (sulfide) groups is 2. The molecule has 32 heavy (non-hydrogen) atoms. The zero-order valence-electron chi connectivity index (χ0n) is 16.5. The van der Waals surface area contributed by atoms with Gasteiger partial charge < -0.3 is 5.73 Å². The van der Waals surface area contributed by atoms with Crippen molar-refractivity contribution in [3.8, 4) is 0 Å². The highest BCUT2D eigenvalue weighted by Crippen LogP contribution is 2.28. The molecule has 3 N–H and O–H groups in total. The Kier molecular flexibility index (Phi) is 13.8. The van der Waals surface area contributed by atoms with Crippen molar-refractivity contribution in [1.29, 1.82) is 5.41 Å². The first-order chi connectivity index (χ1) is 14.4. The van der Waals surface area contributed by atoms with Crippen molar-refractivity contribution >= 4 is 48.7 Å². The van der Waals surface area contributed by atoms with Crippen LogP contribution in [-0.4, -0.2) is 35.2 Å². The van der Waals surface area contributed by atoms with Crippen molar-refractivity contribution in [1.82, 2.24) is 9.97 Å². The molecule has 4 nitrogen and oxygen atoms in total. The average molecular weight is 516 g/mol. The van der Waals surface area contributed by atoms with Crippen molar-refractivity contribution in [2.24, 2.45) is 5.73 Å². The molecule has 0 fully saturated rings. The fourth-order valence-electron chi connectivity index (χ4n) is 1.86. The summed E-state index contributed by atoms with van der Waals surface area (Å²) < 4.78 is 72.9. The van der Waals surface area contributed by atoms with E-state index >= 15 is 0 Å². The van der Waals surface area contributed by atoms with Crippen LogP contribution >= 0.6 is 35.1 Å². The van der Waals surface area contributed by atoms with Crippen LogP contribution in [0.5, 0.6) is 0 Å². The highest BCUT2D eigenvalue weighted by atomic mass is 35.5. The van der Waals surface area contributed by atoms with Crippen LogP contribution in [0.25, 0.3) is 0 Å². The van der Waals surface area contributed by atoms with Crippen molar-refractivity contribution in [3.63, 3.8) is 0 Å². The van der Waals surface area contributed by atoms with E-state index < -0.39 is 23.7 Å². The molecular weight excluding hydrogens is 497 g/mol. The van der Waals surface area contributed by atoms with Crippen LogP contribution in [0.1, 0.15) is 28.9 Å². The van der Waals surface area contributed by atoms with E-state index in [0.717, 1.165) is 47.8 Å². The molecule has 2 aromatic heterocycles. The number of pyridine rings is 2. The van der Waals surface area contributed by atoms with Crippen molar-refractivity contribution in [2.75, 3.05) is 11.6 Å². The van der Waals surface area contributed by atoms with E-state index in [1.807, 2.05) is 0 Å². The van der Waals surface area contributed by atoms with Crippen LogP contribution in [0.2, 0.25) is 0 Å².